The SMILES string of the molecule is Cc1nnc(SCC(=O)N2CC[C@H](C)Sc3ccccc32)s1. The monoisotopic (exact) mass is 351 g/mol. The van der Waals surface area contributed by atoms with Gasteiger partial charge in [-0.25, -0.2) is 0 Å². The van der Waals surface area contributed by atoms with E-state index >= 15 is 0 Å². The fourth-order valence-corrected chi connectivity index (χ4v) is 5.09. The van der Waals surface area contributed by atoms with Gasteiger partial charge in [0, 0.05) is 16.7 Å². The maximum atomic E-state index is 12.7. The van der Waals surface area contributed by atoms with Gasteiger partial charge < -0.3 is 4.90 Å². The number of nitrogens with zero attached hydrogens (tertiary/aromatic N) is 3. The lowest BCUT2D eigenvalue weighted by Crippen LogP contribution is -2.33. The number of fused-ring (bicyclic) bond motifs is 1. The van der Waals surface area contributed by atoms with E-state index < -0.39 is 0 Å². The van der Waals surface area contributed by atoms with Crippen LogP contribution >= 0.6 is 34.9 Å². The summed E-state index contributed by atoms with van der Waals surface area (Å²) in [7, 11) is 0. The molecular weight excluding hydrogens is 334 g/mol. The number of anilines is 1. The van der Waals surface area contributed by atoms with Gasteiger partial charge >= 0.3 is 0 Å². The first-order valence-corrected chi connectivity index (χ1v) is 9.80. The van der Waals surface area contributed by atoms with Crippen molar-refractivity contribution in [2.45, 2.75) is 34.8 Å². The molecule has 0 aliphatic carbocycles. The maximum Gasteiger partial charge on any atom is 0.237 e. The van der Waals surface area contributed by atoms with Crippen molar-refractivity contribution in [1.82, 2.24) is 10.2 Å². The second kappa shape index (κ2) is 7.02. The molecule has 0 unspecified atom stereocenters. The second-order valence-electron chi connectivity index (χ2n) is 5.11. The number of para-hydroxylation sites is 1. The molecule has 1 aliphatic heterocycles. The number of aryl methyl sites for hydroxylation is 1. The molecule has 2 aromatic rings. The van der Waals surface area contributed by atoms with Crippen LogP contribution in [0.2, 0.25) is 0 Å². The highest BCUT2D eigenvalue weighted by Gasteiger charge is 2.24. The number of hydrogen-bond acceptors (Lipinski definition) is 6. The topological polar surface area (TPSA) is 46.1 Å². The summed E-state index contributed by atoms with van der Waals surface area (Å²) in [5, 5.41) is 9.51. The number of aromatic nitrogens is 2. The number of hydrogen-bond donors (Lipinski definition) is 0. The average Bonchev–Trinajstić information content (AvgIpc) is 2.84. The van der Waals surface area contributed by atoms with Crippen LogP contribution in [0.3, 0.4) is 0 Å². The van der Waals surface area contributed by atoms with E-state index in [1.165, 1.54) is 28.0 Å². The molecular formula is C15H17N3OS3. The highest BCUT2D eigenvalue weighted by molar-refractivity contribution is 8.01. The van der Waals surface area contributed by atoms with Gasteiger partial charge in [0.15, 0.2) is 4.34 Å². The van der Waals surface area contributed by atoms with Gasteiger partial charge in [-0.3, -0.25) is 4.79 Å². The van der Waals surface area contributed by atoms with Gasteiger partial charge in [0.25, 0.3) is 0 Å². The summed E-state index contributed by atoms with van der Waals surface area (Å²) < 4.78 is 0.858. The van der Waals surface area contributed by atoms with Gasteiger partial charge in [-0.2, -0.15) is 0 Å². The summed E-state index contributed by atoms with van der Waals surface area (Å²) in [4.78, 5) is 15.8. The molecule has 1 amide bonds. The Kier molecular flexibility index (Phi) is 5.05. The molecule has 1 aromatic heterocycles. The first-order chi connectivity index (χ1) is 10.6. The first-order valence-electron chi connectivity index (χ1n) is 7.12. The Bertz CT molecular complexity index is 674. The van der Waals surface area contributed by atoms with Crippen LogP contribution < -0.4 is 4.90 Å². The zero-order chi connectivity index (χ0) is 15.5. The summed E-state index contributed by atoms with van der Waals surface area (Å²) in [5.41, 5.74) is 1.04. The number of carbonyl (C=O) groups excluding carboxylic acids is 1. The van der Waals surface area contributed by atoms with E-state index in [9.17, 15) is 4.79 Å². The Labute approximate surface area is 142 Å². The van der Waals surface area contributed by atoms with Gasteiger partial charge in [0.05, 0.1) is 11.4 Å². The van der Waals surface area contributed by atoms with Gasteiger partial charge in [-0.1, -0.05) is 42.2 Å². The van der Waals surface area contributed by atoms with Crippen LogP contribution in [0.15, 0.2) is 33.5 Å². The number of amides is 1. The smallest absolute Gasteiger partial charge is 0.237 e. The number of carbonyl (C=O) groups is 1. The Hall–Kier alpha value is -1.05. The van der Waals surface area contributed by atoms with Crippen LogP contribution in [0, 0.1) is 6.92 Å². The third-order valence-electron chi connectivity index (χ3n) is 3.37. The van der Waals surface area contributed by atoms with Crippen LogP contribution in [0.5, 0.6) is 0 Å². The molecule has 0 saturated carbocycles. The molecule has 1 aliphatic rings. The quantitative estimate of drug-likeness (QED) is 0.786. The van der Waals surface area contributed by atoms with Crippen LogP contribution in [0.25, 0.3) is 0 Å². The summed E-state index contributed by atoms with van der Waals surface area (Å²) in [6, 6.07) is 8.17. The zero-order valence-electron chi connectivity index (χ0n) is 12.5. The molecule has 7 heteroatoms. The van der Waals surface area contributed by atoms with Crippen molar-refractivity contribution in [3.05, 3.63) is 29.3 Å². The molecule has 2 heterocycles. The lowest BCUT2D eigenvalue weighted by atomic mass is 10.2. The van der Waals surface area contributed by atoms with Crippen molar-refractivity contribution in [1.29, 1.82) is 0 Å². The van der Waals surface area contributed by atoms with E-state index in [-0.39, 0.29) is 5.91 Å². The highest BCUT2D eigenvalue weighted by atomic mass is 32.2. The molecule has 116 valence electrons. The zero-order valence-corrected chi connectivity index (χ0v) is 14.9. The van der Waals surface area contributed by atoms with Crippen molar-refractivity contribution >= 4 is 46.5 Å². The fourth-order valence-electron chi connectivity index (χ4n) is 2.28. The molecule has 0 spiro atoms. The molecule has 22 heavy (non-hydrogen) atoms. The van der Waals surface area contributed by atoms with Gasteiger partial charge in [-0.05, 0) is 25.5 Å². The molecule has 0 N–H and O–H groups in total. The summed E-state index contributed by atoms with van der Waals surface area (Å²) in [6.45, 7) is 4.92. The highest BCUT2D eigenvalue weighted by Crippen LogP contribution is 2.37. The van der Waals surface area contributed by atoms with Crippen molar-refractivity contribution < 1.29 is 4.79 Å². The predicted octanol–water partition coefficient (Wildman–Crippen LogP) is 3.86. The summed E-state index contributed by atoms with van der Waals surface area (Å²) >= 11 is 4.86. The average molecular weight is 352 g/mol. The predicted molar refractivity (Wildman–Crippen MR) is 94.1 cm³/mol. The minimum Gasteiger partial charge on any atom is -0.311 e. The van der Waals surface area contributed by atoms with Crippen molar-refractivity contribution in [3.63, 3.8) is 0 Å². The fraction of sp³-hybridized carbons (Fsp3) is 0.400. The number of rotatable bonds is 3. The molecule has 0 fully saturated rings. The normalized spacial score (nSPS) is 17.9. The maximum absolute atomic E-state index is 12.7. The van der Waals surface area contributed by atoms with Crippen LogP contribution in [0.4, 0.5) is 5.69 Å². The lowest BCUT2D eigenvalue weighted by Gasteiger charge is -2.22. The minimum atomic E-state index is 0.139. The molecule has 4 nitrogen and oxygen atoms in total. The lowest BCUT2D eigenvalue weighted by molar-refractivity contribution is -0.116. The Morgan fingerprint density at radius 3 is 3.00 bits per heavy atom. The Balaban J connectivity index is 1.74. The Morgan fingerprint density at radius 1 is 1.41 bits per heavy atom. The summed E-state index contributed by atoms with van der Waals surface area (Å²) in [5.74, 6) is 0.544. The number of benzene rings is 1. The first kappa shape index (κ1) is 15.8. The van der Waals surface area contributed by atoms with E-state index in [0.717, 1.165) is 28.0 Å². The van der Waals surface area contributed by atoms with E-state index in [1.54, 1.807) is 0 Å². The van der Waals surface area contributed by atoms with E-state index in [1.807, 2.05) is 41.8 Å². The third kappa shape index (κ3) is 3.64. The molecule has 1 atom stereocenters. The van der Waals surface area contributed by atoms with Gasteiger partial charge in [-0.15, -0.1) is 22.0 Å². The van der Waals surface area contributed by atoms with Crippen molar-refractivity contribution in [2.75, 3.05) is 17.2 Å². The summed E-state index contributed by atoms with van der Waals surface area (Å²) in [6.07, 6.45) is 1.01. The molecule has 0 bridgehead atoms. The van der Waals surface area contributed by atoms with E-state index in [2.05, 4.69) is 23.2 Å². The van der Waals surface area contributed by atoms with Crippen molar-refractivity contribution in [3.8, 4) is 0 Å². The molecule has 3 rings (SSSR count). The van der Waals surface area contributed by atoms with Crippen LogP contribution in [-0.4, -0.2) is 33.7 Å². The third-order valence-corrected chi connectivity index (χ3v) is 6.57. The molecule has 0 radical (unpaired) electrons. The Morgan fingerprint density at radius 2 is 2.23 bits per heavy atom. The molecule has 0 saturated heterocycles. The minimum absolute atomic E-state index is 0.139. The molecule has 1 aromatic carbocycles. The van der Waals surface area contributed by atoms with Crippen molar-refractivity contribution in [2.24, 2.45) is 0 Å². The standard InChI is InChI=1S/C15H17N3OS3/c1-10-7-8-18(12-5-3-4-6-13(12)21-10)14(19)9-20-15-17-16-11(2)22-15/h3-6,10H,7-9H2,1-2H3/t10-/m0/s1. The van der Waals surface area contributed by atoms with Crippen LogP contribution in [-0.2, 0) is 4.79 Å². The number of thioether (sulfide) groups is 2. The van der Waals surface area contributed by atoms with Crippen LogP contribution in [0.1, 0.15) is 18.4 Å². The van der Waals surface area contributed by atoms with Gasteiger partial charge in [0.1, 0.15) is 5.01 Å². The second-order valence-corrected chi connectivity index (χ2v) is 8.99. The van der Waals surface area contributed by atoms with E-state index in [0.29, 0.717) is 11.0 Å². The van der Waals surface area contributed by atoms with Gasteiger partial charge in [0.2, 0.25) is 5.91 Å². The largest absolute Gasteiger partial charge is 0.311 e. The van der Waals surface area contributed by atoms with E-state index in [4.69, 9.17) is 0 Å².